The minimum absolute atomic E-state index is 0.0303. The van der Waals surface area contributed by atoms with Gasteiger partial charge in [-0.3, -0.25) is 9.69 Å². The Hall–Kier alpha value is -3.89. The van der Waals surface area contributed by atoms with Crippen molar-refractivity contribution in [1.82, 2.24) is 4.90 Å². The maximum Gasteiger partial charge on any atom is 0.262 e. The van der Waals surface area contributed by atoms with E-state index < -0.39 is 0 Å². The van der Waals surface area contributed by atoms with E-state index in [-0.39, 0.29) is 18.6 Å². The largest absolute Gasteiger partial charge is 0.484 e. The number of ether oxygens (including phenoxy) is 1. The Morgan fingerprint density at radius 3 is 2.26 bits per heavy atom. The molecular formula is C30H28N2O2. The number of benzene rings is 4. The first-order valence-corrected chi connectivity index (χ1v) is 11.7. The first-order valence-electron chi connectivity index (χ1n) is 11.7. The van der Waals surface area contributed by atoms with Gasteiger partial charge in [-0.1, -0.05) is 84.9 Å². The van der Waals surface area contributed by atoms with Crippen molar-refractivity contribution in [3.05, 3.63) is 131 Å². The van der Waals surface area contributed by atoms with Crippen LogP contribution in [0.5, 0.6) is 5.75 Å². The van der Waals surface area contributed by atoms with Crippen molar-refractivity contribution in [3.8, 4) is 5.75 Å². The molecule has 170 valence electrons. The van der Waals surface area contributed by atoms with Crippen LogP contribution in [0.15, 0.2) is 109 Å². The highest BCUT2D eigenvalue weighted by atomic mass is 16.5. The third-order valence-corrected chi connectivity index (χ3v) is 6.22. The second kappa shape index (κ2) is 10.4. The number of fused-ring (bicyclic) bond motifs is 1. The fourth-order valence-electron chi connectivity index (χ4n) is 4.62. The second-order valence-electron chi connectivity index (χ2n) is 8.58. The standard InChI is InChI=1S/C30H28N2O2/c33-29(31-26-14-8-3-9-15-26)22-34-27-17-16-24-18-19-32(21-23-10-4-1-5-11-23)30(28(24)20-27)25-12-6-2-7-13-25/h1-17,20,30H,18-19,21-22H2,(H,31,33). The predicted molar refractivity (Wildman–Crippen MR) is 136 cm³/mol. The van der Waals surface area contributed by atoms with Gasteiger partial charge in [0.25, 0.3) is 5.91 Å². The minimum atomic E-state index is -0.172. The molecule has 4 aromatic carbocycles. The quantitative estimate of drug-likeness (QED) is 0.385. The summed E-state index contributed by atoms with van der Waals surface area (Å²) in [5, 5.41) is 2.87. The smallest absolute Gasteiger partial charge is 0.262 e. The third kappa shape index (κ3) is 5.19. The van der Waals surface area contributed by atoms with E-state index in [1.165, 1.54) is 22.3 Å². The number of anilines is 1. The van der Waals surface area contributed by atoms with Crippen molar-refractivity contribution in [2.24, 2.45) is 0 Å². The molecule has 1 N–H and O–H groups in total. The van der Waals surface area contributed by atoms with Gasteiger partial charge in [-0.15, -0.1) is 0 Å². The van der Waals surface area contributed by atoms with Crippen LogP contribution < -0.4 is 10.1 Å². The van der Waals surface area contributed by atoms with Crippen molar-refractivity contribution >= 4 is 11.6 Å². The maximum absolute atomic E-state index is 12.4. The van der Waals surface area contributed by atoms with Crippen LogP contribution in [-0.2, 0) is 17.8 Å². The summed E-state index contributed by atoms with van der Waals surface area (Å²) in [5.41, 5.74) is 5.91. The van der Waals surface area contributed by atoms with Crippen LogP contribution in [0.1, 0.15) is 28.3 Å². The fraction of sp³-hybridized carbons (Fsp3) is 0.167. The molecule has 1 aliphatic heterocycles. The van der Waals surface area contributed by atoms with Crippen molar-refractivity contribution < 1.29 is 9.53 Å². The molecule has 0 spiro atoms. The van der Waals surface area contributed by atoms with Crippen molar-refractivity contribution in [2.45, 2.75) is 19.0 Å². The highest BCUT2D eigenvalue weighted by molar-refractivity contribution is 5.91. The van der Waals surface area contributed by atoms with Crippen LogP contribution in [0, 0.1) is 0 Å². The number of hydrogen-bond acceptors (Lipinski definition) is 3. The van der Waals surface area contributed by atoms with Gasteiger partial charge in [0.1, 0.15) is 5.75 Å². The number of nitrogens with zero attached hydrogens (tertiary/aromatic N) is 1. The molecule has 1 atom stereocenters. The molecule has 5 rings (SSSR count). The summed E-state index contributed by atoms with van der Waals surface area (Å²) in [6.07, 6.45) is 0.986. The Morgan fingerprint density at radius 2 is 1.53 bits per heavy atom. The number of nitrogens with one attached hydrogen (secondary N) is 1. The average molecular weight is 449 g/mol. The summed E-state index contributed by atoms with van der Waals surface area (Å²) >= 11 is 0. The lowest BCUT2D eigenvalue weighted by atomic mass is 9.87. The molecule has 4 nitrogen and oxygen atoms in total. The van der Waals surface area contributed by atoms with Gasteiger partial charge in [-0.05, 0) is 52.9 Å². The summed E-state index contributed by atoms with van der Waals surface area (Å²) in [4.78, 5) is 14.9. The van der Waals surface area contributed by atoms with Gasteiger partial charge in [-0.25, -0.2) is 0 Å². The number of para-hydroxylation sites is 1. The molecule has 0 radical (unpaired) electrons. The molecule has 34 heavy (non-hydrogen) atoms. The Balaban J connectivity index is 1.37. The van der Waals surface area contributed by atoms with Gasteiger partial charge in [-0.2, -0.15) is 0 Å². The third-order valence-electron chi connectivity index (χ3n) is 6.22. The van der Waals surface area contributed by atoms with Crippen LogP contribution in [0.25, 0.3) is 0 Å². The van der Waals surface area contributed by atoms with Crippen molar-refractivity contribution in [2.75, 3.05) is 18.5 Å². The monoisotopic (exact) mass is 448 g/mol. The highest BCUT2D eigenvalue weighted by Gasteiger charge is 2.29. The highest BCUT2D eigenvalue weighted by Crippen LogP contribution is 2.37. The van der Waals surface area contributed by atoms with Gasteiger partial charge < -0.3 is 10.1 Å². The number of rotatable bonds is 7. The summed E-state index contributed by atoms with van der Waals surface area (Å²) in [7, 11) is 0. The molecule has 0 saturated heterocycles. The van der Waals surface area contributed by atoms with Crippen LogP contribution in [0.2, 0.25) is 0 Å². The predicted octanol–water partition coefficient (Wildman–Crippen LogP) is 5.85. The summed E-state index contributed by atoms with van der Waals surface area (Å²) in [6, 6.07) is 37.0. The van der Waals surface area contributed by atoms with Crippen molar-refractivity contribution in [1.29, 1.82) is 0 Å². The molecule has 0 saturated carbocycles. The normalized spacial score (nSPS) is 15.4. The number of carbonyl (C=O) groups is 1. The van der Waals surface area contributed by atoms with E-state index in [9.17, 15) is 4.79 Å². The molecule has 0 fully saturated rings. The molecule has 0 aromatic heterocycles. The number of amides is 1. The minimum Gasteiger partial charge on any atom is -0.484 e. The lowest BCUT2D eigenvalue weighted by Crippen LogP contribution is -2.35. The molecule has 1 unspecified atom stereocenters. The summed E-state index contributed by atoms with van der Waals surface area (Å²) < 4.78 is 5.91. The first-order chi connectivity index (χ1) is 16.8. The second-order valence-corrected chi connectivity index (χ2v) is 8.58. The van der Waals surface area contributed by atoms with Gasteiger partial charge in [0.05, 0.1) is 6.04 Å². The van der Waals surface area contributed by atoms with E-state index >= 15 is 0 Å². The molecule has 0 aliphatic carbocycles. The van der Waals surface area contributed by atoms with E-state index in [1.807, 2.05) is 36.4 Å². The van der Waals surface area contributed by atoms with Crippen LogP contribution in [0.3, 0.4) is 0 Å². The molecule has 1 heterocycles. The van der Waals surface area contributed by atoms with E-state index in [0.717, 1.165) is 25.2 Å². The topological polar surface area (TPSA) is 41.6 Å². The molecule has 0 bridgehead atoms. The summed E-state index contributed by atoms with van der Waals surface area (Å²) in [5.74, 6) is 0.540. The van der Waals surface area contributed by atoms with E-state index in [4.69, 9.17) is 4.74 Å². The zero-order valence-electron chi connectivity index (χ0n) is 19.1. The fourth-order valence-corrected chi connectivity index (χ4v) is 4.62. The molecule has 4 heteroatoms. The zero-order chi connectivity index (χ0) is 23.2. The van der Waals surface area contributed by atoms with E-state index in [2.05, 4.69) is 83.0 Å². The lowest BCUT2D eigenvalue weighted by Gasteiger charge is -2.38. The van der Waals surface area contributed by atoms with E-state index in [1.54, 1.807) is 0 Å². The SMILES string of the molecule is O=C(COc1ccc2c(c1)C(c1ccccc1)N(Cc1ccccc1)CC2)Nc1ccccc1. The first kappa shape index (κ1) is 21.9. The van der Waals surface area contributed by atoms with E-state index in [0.29, 0.717) is 5.75 Å². The molecule has 4 aromatic rings. The Bertz CT molecular complexity index is 1230. The van der Waals surface area contributed by atoms with Gasteiger partial charge in [0, 0.05) is 18.8 Å². The Kier molecular flexibility index (Phi) is 6.68. The van der Waals surface area contributed by atoms with Crippen molar-refractivity contribution in [3.63, 3.8) is 0 Å². The van der Waals surface area contributed by atoms with Gasteiger partial charge in [0.2, 0.25) is 0 Å². The van der Waals surface area contributed by atoms with Crippen LogP contribution >= 0.6 is 0 Å². The Labute approximate surface area is 200 Å². The molecular weight excluding hydrogens is 420 g/mol. The number of carbonyl (C=O) groups excluding carboxylic acids is 1. The maximum atomic E-state index is 12.4. The number of hydrogen-bond donors (Lipinski definition) is 1. The molecule has 1 aliphatic rings. The Morgan fingerprint density at radius 1 is 0.853 bits per heavy atom. The van der Waals surface area contributed by atoms with Crippen LogP contribution in [0.4, 0.5) is 5.69 Å². The van der Waals surface area contributed by atoms with Gasteiger partial charge in [0.15, 0.2) is 6.61 Å². The zero-order valence-corrected chi connectivity index (χ0v) is 19.1. The molecule has 1 amide bonds. The summed E-state index contributed by atoms with van der Waals surface area (Å²) in [6.45, 7) is 1.84. The average Bonchev–Trinajstić information content (AvgIpc) is 2.89. The lowest BCUT2D eigenvalue weighted by molar-refractivity contribution is -0.118. The van der Waals surface area contributed by atoms with Crippen LogP contribution in [-0.4, -0.2) is 24.0 Å². The van der Waals surface area contributed by atoms with Gasteiger partial charge >= 0.3 is 0 Å².